The lowest BCUT2D eigenvalue weighted by Gasteiger charge is -2.11. The van der Waals surface area contributed by atoms with Crippen molar-refractivity contribution < 1.29 is 27.8 Å². The van der Waals surface area contributed by atoms with E-state index in [0.29, 0.717) is 11.1 Å². The molecule has 0 aromatic heterocycles. The predicted molar refractivity (Wildman–Crippen MR) is 182 cm³/mol. The molecule has 48 heavy (non-hydrogen) atoms. The normalized spacial score (nSPS) is 11.9. The molecule has 0 bridgehead atoms. The summed E-state index contributed by atoms with van der Waals surface area (Å²) in [6, 6.07) is 35.0. The van der Waals surface area contributed by atoms with Crippen LogP contribution < -0.4 is 9.47 Å². The minimum atomic E-state index is -0.792. The Balaban J connectivity index is 1.05. The number of fused-ring (bicyclic) bond motifs is 3. The maximum atomic E-state index is 15.0. The minimum Gasteiger partial charge on any atom is -0.423 e. The molecule has 0 saturated heterocycles. The van der Waals surface area contributed by atoms with E-state index in [1.165, 1.54) is 24.3 Å². The molecule has 0 radical (unpaired) electrons. The van der Waals surface area contributed by atoms with Crippen molar-refractivity contribution >= 4 is 11.9 Å². The van der Waals surface area contributed by atoms with Gasteiger partial charge in [-0.3, -0.25) is 0 Å². The molecule has 6 aromatic carbocycles. The zero-order chi connectivity index (χ0) is 33.5. The number of benzene rings is 6. The van der Waals surface area contributed by atoms with Gasteiger partial charge in [-0.2, -0.15) is 0 Å². The zero-order valence-electron chi connectivity index (χ0n) is 26.5. The molecule has 0 saturated carbocycles. The maximum Gasteiger partial charge on any atom is 0.346 e. The van der Waals surface area contributed by atoms with E-state index in [1.54, 1.807) is 36.4 Å². The minimum absolute atomic E-state index is 0.122. The molecule has 0 heterocycles. The van der Waals surface area contributed by atoms with E-state index in [9.17, 15) is 9.59 Å². The van der Waals surface area contributed by atoms with Gasteiger partial charge in [0.05, 0.1) is 11.1 Å². The van der Waals surface area contributed by atoms with Gasteiger partial charge in [0, 0.05) is 5.92 Å². The quantitative estimate of drug-likeness (QED) is 0.135. The van der Waals surface area contributed by atoms with Crippen LogP contribution in [-0.2, 0) is 0 Å². The summed E-state index contributed by atoms with van der Waals surface area (Å²) in [5.41, 5.74) is 8.63. The lowest BCUT2D eigenvalue weighted by molar-refractivity contribution is 0.0720. The van der Waals surface area contributed by atoms with Gasteiger partial charge < -0.3 is 9.47 Å². The largest absolute Gasteiger partial charge is 0.423 e. The van der Waals surface area contributed by atoms with Gasteiger partial charge in [-0.1, -0.05) is 90.8 Å². The summed E-state index contributed by atoms with van der Waals surface area (Å²) in [7, 11) is 0. The van der Waals surface area contributed by atoms with Gasteiger partial charge in [0.2, 0.25) is 0 Å². The number of aryl methyl sites for hydroxylation is 2. The molecule has 0 spiro atoms. The van der Waals surface area contributed by atoms with Crippen LogP contribution in [0.4, 0.5) is 8.78 Å². The molecule has 7 rings (SSSR count). The molecular weight excluding hydrogens is 606 g/mol. The summed E-state index contributed by atoms with van der Waals surface area (Å²) in [6.07, 6.45) is 0. The van der Waals surface area contributed by atoms with Crippen LogP contribution in [-0.4, -0.2) is 11.9 Å². The van der Waals surface area contributed by atoms with Gasteiger partial charge in [0.1, 0.15) is 23.1 Å². The monoisotopic (exact) mass is 636 g/mol. The molecule has 0 aliphatic heterocycles. The second-order valence-corrected chi connectivity index (χ2v) is 12.1. The van der Waals surface area contributed by atoms with E-state index in [1.807, 2.05) is 81.4 Å². The Morgan fingerprint density at radius 1 is 0.500 bits per heavy atom. The Labute approximate surface area is 277 Å². The highest BCUT2D eigenvalue weighted by Crippen LogP contribution is 2.47. The van der Waals surface area contributed by atoms with E-state index >= 15 is 8.78 Å². The summed E-state index contributed by atoms with van der Waals surface area (Å²) in [5.74, 6) is -2.45. The van der Waals surface area contributed by atoms with Gasteiger partial charge in [0.15, 0.2) is 0 Å². The van der Waals surface area contributed by atoms with Crippen molar-refractivity contribution in [1.29, 1.82) is 0 Å². The first-order chi connectivity index (χ1) is 23.1. The maximum absolute atomic E-state index is 15.0. The molecule has 0 amide bonds. The molecule has 0 unspecified atom stereocenters. The molecule has 6 aromatic rings. The molecule has 6 heteroatoms. The first-order valence-electron chi connectivity index (χ1n) is 15.6. The number of halogens is 2. The SMILES string of the molecule is Cc1ccc(-c2ccc(C(=O)Oc3ccc4c(c3)C(C)c3cc(OC(=O)c5ccc(-c6ccc(C)cc6)cc5F)ccc3-4)c(F)c2)cc1. The summed E-state index contributed by atoms with van der Waals surface area (Å²) < 4.78 is 41.3. The van der Waals surface area contributed by atoms with E-state index in [-0.39, 0.29) is 28.5 Å². The van der Waals surface area contributed by atoms with Crippen LogP contribution in [0.2, 0.25) is 0 Å². The van der Waals surface area contributed by atoms with E-state index in [0.717, 1.165) is 44.5 Å². The zero-order valence-corrected chi connectivity index (χ0v) is 26.5. The third-order valence-corrected chi connectivity index (χ3v) is 8.84. The van der Waals surface area contributed by atoms with Gasteiger partial charge in [-0.05, 0) is 107 Å². The average Bonchev–Trinajstić information content (AvgIpc) is 3.35. The highest BCUT2D eigenvalue weighted by Gasteiger charge is 2.28. The van der Waals surface area contributed by atoms with E-state index < -0.39 is 23.6 Å². The Morgan fingerprint density at radius 2 is 0.875 bits per heavy atom. The van der Waals surface area contributed by atoms with Crippen molar-refractivity contribution in [3.05, 3.63) is 166 Å². The molecule has 0 N–H and O–H groups in total. The number of hydrogen-bond acceptors (Lipinski definition) is 4. The molecule has 4 nitrogen and oxygen atoms in total. The first-order valence-corrected chi connectivity index (χ1v) is 15.6. The van der Waals surface area contributed by atoms with Crippen molar-refractivity contribution in [2.24, 2.45) is 0 Å². The van der Waals surface area contributed by atoms with Crippen LogP contribution in [0.15, 0.2) is 121 Å². The molecule has 236 valence electrons. The Hall–Kier alpha value is -5.88. The average molecular weight is 637 g/mol. The smallest absolute Gasteiger partial charge is 0.346 e. The van der Waals surface area contributed by atoms with Crippen molar-refractivity contribution in [2.75, 3.05) is 0 Å². The van der Waals surface area contributed by atoms with Gasteiger partial charge in [0.25, 0.3) is 0 Å². The summed E-state index contributed by atoms with van der Waals surface area (Å²) in [5, 5.41) is 0. The summed E-state index contributed by atoms with van der Waals surface area (Å²) in [4.78, 5) is 26.0. The van der Waals surface area contributed by atoms with Crippen molar-refractivity contribution in [2.45, 2.75) is 26.7 Å². The fourth-order valence-electron chi connectivity index (χ4n) is 6.12. The molecule has 1 aliphatic carbocycles. The van der Waals surface area contributed by atoms with Crippen LogP contribution in [0.25, 0.3) is 33.4 Å². The van der Waals surface area contributed by atoms with Crippen LogP contribution in [0.1, 0.15) is 55.8 Å². The second kappa shape index (κ2) is 12.4. The second-order valence-electron chi connectivity index (χ2n) is 12.1. The highest BCUT2D eigenvalue weighted by atomic mass is 19.1. The topological polar surface area (TPSA) is 52.6 Å². The highest BCUT2D eigenvalue weighted by molar-refractivity contribution is 5.93. The van der Waals surface area contributed by atoms with Crippen LogP contribution in [0.5, 0.6) is 11.5 Å². The lowest BCUT2D eigenvalue weighted by Crippen LogP contribution is -2.11. The van der Waals surface area contributed by atoms with Crippen molar-refractivity contribution in [1.82, 2.24) is 0 Å². The number of rotatable bonds is 6. The summed E-state index contributed by atoms with van der Waals surface area (Å²) in [6.45, 7) is 5.95. The predicted octanol–water partition coefficient (Wildman–Crippen LogP) is 10.5. The number of carbonyl (C=O) groups excluding carboxylic acids is 2. The molecule has 0 atom stereocenters. The standard InChI is InChI=1S/C42H30F2O4/c1-24-4-8-27(9-5-24)29-12-16-35(39(43)20-29)41(45)47-31-14-18-33-34-19-15-32(23-38(34)26(3)37(33)22-31)48-42(46)36-17-13-30(21-40(36)44)28-10-6-25(2)7-11-28/h4-23,26H,1-3H3. The third-order valence-electron chi connectivity index (χ3n) is 8.84. The molecule has 0 fully saturated rings. The van der Waals surface area contributed by atoms with Crippen LogP contribution in [0, 0.1) is 25.5 Å². The van der Waals surface area contributed by atoms with Crippen LogP contribution >= 0.6 is 0 Å². The Bertz CT molecular complexity index is 2060. The Kier molecular flexibility index (Phi) is 7.93. The lowest BCUT2D eigenvalue weighted by atomic mass is 9.99. The number of esters is 2. The van der Waals surface area contributed by atoms with E-state index in [2.05, 4.69) is 0 Å². The van der Waals surface area contributed by atoms with Gasteiger partial charge in [-0.25, -0.2) is 18.4 Å². The molecular formula is C42H30F2O4. The fraction of sp³-hybridized carbons (Fsp3) is 0.0952. The number of ether oxygens (including phenoxy) is 2. The third kappa shape index (κ3) is 5.89. The summed E-state index contributed by atoms with van der Waals surface area (Å²) >= 11 is 0. The molecule has 1 aliphatic rings. The first kappa shape index (κ1) is 30.8. The van der Waals surface area contributed by atoms with Crippen molar-refractivity contribution in [3.63, 3.8) is 0 Å². The van der Waals surface area contributed by atoms with Crippen LogP contribution in [0.3, 0.4) is 0 Å². The fourth-order valence-corrected chi connectivity index (χ4v) is 6.12. The number of carbonyl (C=O) groups is 2. The number of hydrogen-bond donors (Lipinski definition) is 0. The van der Waals surface area contributed by atoms with Gasteiger partial charge in [-0.15, -0.1) is 0 Å². The van der Waals surface area contributed by atoms with Gasteiger partial charge >= 0.3 is 11.9 Å². The Morgan fingerprint density at radius 3 is 1.25 bits per heavy atom. The van der Waals surface area contributed by atoms with Crippen molar-refractivity contribution in [3.8, 4) is 44.9 Å². The van der Waals surface area contributed by atoms with E-state index in [4.69, 9.17) is 9.47 Å².